The van der Waals surface area contributed by atoms with Gasteiger partial charge in [-0.2, -0.15) is 5.10 Å². The molecule has 0 saturated carbocycles. The summed E-state index contributed by atoms with van der Waals surface area (Å²) in [5.41, 5.74) is 1.95. The molecule has 1 saturated heterocycles. The Morgan fingerprint density at radius 1 is 1.31 bits per heavy atom. The van der Waals surface area contributed by atoms with Gasteiger partial charge < -0.3 is 15.4 Å². The minimum Gasteiger partial charge on any atom is -0.384 e. The van der Waals surface area contributed by atoms with Gasteiger partial charge >= 0.3 is 0 Å². The number of aromatic nitrogens is 2. The van der Waals surface area contributed by atoms with Gasteiger partial charge in [0.25, 0.3) is 5.91 Å². The molecule has 1 aliphatic rings. The maximum Gasteiger partial charge on any atom is 0.261 e. The van der Waals surface area contributed by atoms with Crippen LogP contribution in [0.2, 0.25) is 0 Å². The van der Waals surface area contributed by atoms with Crippen molar-refractivity contribution >= 4 is 39.9 Å². The number of rotatable bonds is 6. The van der Waals surface area contributed by atoms with Gasteiger partial charge in [0.2, 0.25) is 0 Å². The number of ether oxygens (including phenoxy) is 1. The van der Waals surface area contributed by atoms with E-state index in [1.54, 1.807) is 7.11 Å². The van der Waals surface area contributed by atoms with Crippen LogP contribution in [-0.2, 0) is 4.74 Å². The first-order valence-electron chi connectivity index (χ1n) is 9.64. The summed E-state index contributed by atoms with van der Waals surface area (Å²) in [5.74, 6) is -0.0192. The number of fused-ring (bicyclic) bond motifs is 1. The first kappa shape index (κ1) is 21.8. The lowest BCUT2D eigenvalue weighted by Gasteiger charge is -2.37. The molecule has 0 radical (unpaired) electrons. The summed E-state index contributed by atoms with van der Waals surface area (Å²) in [4.78, 5) is 14.6. The van der Waals surface area contributed by atoms with Gasteiger partial charge in [0, 0.05) is 24.5 Å². The van der Waals surface area contributed by atoms with Gasteiger partial charge in [-0.15, -0.1) is 23.7 Å². The number of para-hydroxylation sites is 1. The van der Waals surface area contributed by atoms with Crippen LogP contribution in [0.25, 0.3) is 15.9 Å². The van der Waals surface area contributed by atoms with E-state index in [1.807, 2.05) is 48.0 Å². The largest absolute Gasteiger partial charge is 0.384 e. The average Bonchev–Trinajstić information content (AvgIpc) is 3.29. The number of methoxy groups -OCH3 is 1. The Bertz CT molecular complexity index is 958. The van der Waals surface area contributed by atoms with Crippen LogP contribution < -0.4 is 10.6 Å². The van der Waals surface area contributed by atoms with Gasteiger partial charge in [0.05, 0.1) is 22.9 Å². The van der Waals surface area contributed by atoms with E-state index in [4.69, 9.17) is 4.74 Å². The minimum atomic E-state index is -0.0192. The van der Waals surface area contributed by atoms with Crippen molar-refractivity contribution in [3.05, 3.63) is 47.0 Å². The Morgan fingerprint density at radius 2 is 2.03 bits per heavy atom. The highest BCUT2D eigenvalue weighted by Gasteiger charge is 2.32. The zero-order chi connectivity index (χ0) is 19.6. The molecule has 3 heterocycles. The topological polar surface area (TPSA) is 68.2 Å². The Labute approximate surface area is 181 Å². The Morgan fingerprint density at radius 3 is 2.72 bits per heavy atom. The van der Waals surface area contributed by atoms with Crippen LogP contribution in [0, 0.1) is 12.3 Å². The van der Waals surface area contributed by atoms with Crippen molar-refractivity contribution in [1.29, 1.82) is 0 Å². The molecule has 0 bridgehead atoms. The number of hydrogen-bond acceptors (Lipinski definition) is 5. The van der Waals surface area contributed by atoms with Crippen LogP contribution in [0.4, 0.5) is 0 Å². The van der Waals surface area contributed by atoms with Crippen molar-refractivity contribution in [1.82, 2.24) is 20.4 Å². The molecular formula is C21H27ClN4O2S. The van der Waals surface area contributed by atoms with E-state index in [-0.39, 0.29) is 23.7 Å². The van der Waals surface area contributed by atoms with Crippen LogP contribution in [0.5, 0.6) is 0 Å². The highest BCUT2D eigenvalue weighted by molar-refractivity contribution is 7.20. The van der Waals surface area contributed by atoms with Crippen LogP contribution in [-0.4, -0.2) is 49.0 Å². The molecule has 1 aliphatic heterocycles. The maximum absolute atomic E-state index is 12.9. The van der Waals surface area contributed by atoms with Gasteiger partial charge in [-0.1, -0.05) is 18.2 Å². The fraction of sp³-hybridized carbons (Fsp3) is 0.429. The second-order valence-corrected chi connectivity index (χ2v) is 8.56. The van der Waals surface area contributed by atoms with Gasteiger partial charge in [-0.05, 0) is 51.1 Å². The quantitative estimate of drug-likeness (QED) is 0.622. The molecule has 0 unspecified atom stereocenters. The van der Waals surface area contributed by atoms with E-state index in [0.29, 0.717) is 13.2 Å². The summed E-state index contributed by atoms with van der Waals surface area (Å²) in [6.45, 7) is 5.23. The lowest BCUT2D eigenvalue weighted by Crippen LogP contribution is -2.47. The number of piperidine rings is 1. The monoisotopic (exact) mass is 434 g/mol. The van der Waals surface area contributed by atoms with E-state index in [2.05, 4.69) is 15.7 Å². The first-order chi connectivity index (χ1) is 13.6. The third-order valence-electron chi connectivity index (χ3n) is 5.51. The Hall–Kier alpha value is -1.93. The second-order valence-electron chi connectivity index (χ2n) is 7.53. The number of halogens is 1. The van der Waals surface area contributed by atoms with E-state index in [0.717, 1.165) is 52.4 Å². The van der Waals surface area contributed by atoms with Crippen molar-refractivity contribution < 1.29 is 9.53 Å². The highest BCUT2D eigenvalue weighted by atomic mass is 35.5. The molecule has 6 nitrogen and oxygen atoms in total. The molecule has 0 aliphatic carbocycles. The van der Waals surface area contributed by atoms with Gasteiger partial charge in [-0.25, -0.2) is 4.68 Å². The number of hydrogen-bond donors (Lipinski definition) is 2. The molecule has 1 amide bonds. The fourth-order valence-corrected chi connectivity index (χ4v) is 4.99. The number of carbonyl (C=O) groups is 1. The molecule has 0 spiro atoms. The number of amides is 1. The summed E-state index contributed by atoms with van der Waals surface area (Å²) in [7, 11) is 1.73. The van der Waals surface area contributed by atoms with E-state index in [9.17, 15) is 4.79 Å². The number of aryl methyl sites for hydroxylation is 1. The lowest BCUT2D eigenvalue weighted by atomic mass is 9.79. The van der Waals surface area contributed by atoms with E-state index in [1.165, 1.54) is 11.3 Å². The molecule has 156 valence electrons. The van der Waals surface area contributed by atoms with Crippen molar-refractivity contribution in [3.8, 4) is 5.69 Å². The Kier molecular flexibility index (Phi) is 6.95. The molecule has 1 fully saturated rings. The number of thiophene rings is 1. The zero-order valence-electron chi connectivity index (χ0n) is 16.7. The third-order valence-corrected chi connectivity index (χ3v) is 6.62. The number of nitrogens with zero attached hydrogens (tertiary/aromatic N) is 2. The summed E-state index contributed by atoms with van der Waals surface area (Å²) < 4.78 is 7.37. The minimum absolute atomic E-state index is 0. The predicted molar refractivity (Wildman–Crippen MR) is 120 cm³/mol. The SMILES string of the molecule is COCC1(CNC(=O)c2cc3c(C)nn(-c4ccccc4)c3s2)CCNCC1.Cl. The second kappa shape index (κ2) is 9.26. The molecule has 3 aromatic rings. The number of nitrogens with one attached hydrogen (secondary N) is 2. The van der Waals surface area contributed by atoms with Crippen molar-refractivity contribution in [2.45, 2.75) is 19.8 Å². The molecular weight excluding hydrogens is 408 g/mol. The van der Waals surface area contributed by atoms with Crippen molar-refractivity contribution in [3.63, 3.8) is 0 Å². The third kappa shape index (κ3) is 4.48. The van der Waals surface area contributed by atoms with Crippen molar-refractivity contribution in [2.24, 2.45) is 5.41 Å². The van der Waals surface area contributed by atoms with Gasteiger partial charge in [-0.3, -0.25) is 4.79 Å². The molecule has 2 N–H and O–H groups in total. The first-order valence-corrected chi connectivity index (χ1v) is 10.5. The molecule has 29 heavy (non-hydrogen) atoms. The van der Waals surface area contributed by atoms with Crippen LogP contribution in [0.3, 0.4) is 0 Å². The summed E-state index contributed by atoms with van der Waals surface area (Å²) in [6, 6.07) is 12.0. The summed E-state index contributed by atoms with van der Waals surface area (Å²) >= 11 is 1.49. The fourth-order valence-electron chi connectivity index (χ4n) is 3.89. The smallest absolute Gasteiger partial charge is 0.261 e. The predicted octanol–water partition coefficient (Wildman–Crippen LogP) is 3.56. The van der Waals surface area contributed by atoms with Crippen LogP contribution in [0.15, 0.2) is 36.4 Å². The number of benzene rings is 1. The molecule has 1 aromatic carbocycles. The molecule has 8 heteroatoms. The maximum atomic E-state index is 12.9. The van der Waals surface area contributed by atoms with Gasteiger partial charge in [0.15, 0.2) is 0 Å². The summed E-state index contributed by atoms with van der Waals surface area (Å²) in [6.07, 6.45) is 2.02. The van der Waals surface area contributed by atoms with E-state index >= 15 is 0 Å². The van der Waals surface area contributed by atoms with Crippen LogP contribution >= 0.6 is 23.7 Å². The van der Waals surface area contributed by atoms with Crippen molar-refractivity contribution in [2.75, 3.05) is 33.4 Å². The van der Waals surface area contributed by atoms with Gasteiger partial charge in [0.1, 0.15) is 4.83 Å². The zero-order valence-corrected chi connectivity index (χ0v) is 18.4. The molecule has 2 aromatic heterocycles. The standard InChI is InChI=1S/C21H26N4O2S.ClH/c1-15-17-12-18(28-20(17)25(24-15)16-6-4-3-5-7-16)19(26)23-13-21(14-27-2)8-10-22-11-9-21;/h3-7,12,22H,8-11,13-14H2,1-2H3,(H,23,26);1H. The molecule has 0 atom stereocenters. The number of carbonyl (C=O) groups excluding carboxylic acids is 1. The van der Waals surface area contributed by atoms with E-state index < -0.39 is 0 Å². The average molecular weight is 435 g/mol. The summed E-state index contributed by atoms with van der Waals surface area (Å²) in [5, 5.41) is 12.2. The van der Waals surface area contributed by atoms with Crippen LogP contribution in [0.1, 0.15) is 28.2 Å². The normalized spacial score (nSPS) is 15.8. The lowest BCUT2D eigenvalue weighted by molar-refractivity contribution is 0.0512. The Balaban J connectivity index is 0.00000240. The highest BCUT2D eigenvalue weighted by Crippen LogP contribution is 2.31. The molecule has 4 rings (SSSR count).